The van der Waals surface area contributed by atoms with Gasteiger partial charge in [-0.3, -0.25) is 0 Å². The molecular formula is C20H24N2O5. The number of carbonyl (C=O) groups excluding carboxylic acids is 1. The molecule has 2 aromatic rings. The molecule has 0 amide bonds. The molecule has 1 N–H and O–H groups in total. The third-order valence-corrected chi connectivity index (χ3v) is 3.58. The maximum Gasteiger partial charge on any atom is 0.344 e. The molecule has 144 valence electrons. The molecule has 0 aliphatic heterocycles. The first-order chi connectivity index (χ1) is 13.2. The Kier molecular flexibility index (Phi) is 7.96. The van der Waals surface area contributed by atoms with Crippen molar-refractivity contribution in [2.75, 3.05) is 27.4 Å². The van der Waals surface area contributed by atoms with Gasteiger partial charge in [0, 0.05) is 0 Å². The van der Waals surface area contributed by atoms with Gasteiger partial charge < -0.3 is 24.4 Å². The molecule has 27 heavy (non-hydrogen) atoms. The number of nitrogens with one attached hydrogen (secondary N) is 1. The average Bonchev–Trinajstić information content (AvgIpc) is 2.70. The summed E-state index contributed by atoms with van der Waals surface area (Å²) in [5.74, 6) is 1.58. The van der Waals surface area contributed by atoms with E-state index in [1.54, 1.807) is 39.5 Å². The van der Waals surface area contributed by atoms with Crippen molar-refractivity contribution in [2.24, 2.45) is 5.10 Å². The van der Waals surface area contributed by atoms with Crippen LogP contribution in [0.4, 0.5) is 0 Å². The molecule has 2 aromatic carbocycles. The molecule has 0 aliphatic carbocycles. The Balaban J connectivity index is 1.81. The summed E-state index contributed by atoms with van der Waals surface area (Å²) in [6.07, 6.45) is 1.70. The molecule has 0 saturated heterocycles. The summed E-state index contributed by atoms with van der Waals surface area (Å²) >= 11 is 0. The second-order valence-electron chi connectivity index (χ2n) is 5.45. The summed E-state index contributed by atoms with van der Waals surface area (Å²) in [6, 6.07) is 12.9. The molecule has 7 heteroatoms. The van der Waals surface area contributed by atoms with Crippen LogP contribution in [-0.2, 0) is 16.1 Å². The fourth-order valence-corrected chi connectivity index (χ4v) is 2.24. The quantitative estimate of drug-likeness (QED) is 0.393. The van der Waals surface area contributed by atoms with Crippen molar-refractivity contribution < 1.29 is 23.7 Å². The zero-order valence-corrected chi connectivity index (χ0v) is 15.7. The number of rotatable bonds is 10. The van der Waals surface area contributed by atoms with Gasteiger partial charge in [0.15, 0.2) is 18.1 Å². The van der Waals surface area contributed by atoms with E-state index in [1.165, 1.54) is 0 Å². The molecule has 0 aliphatic rings. The fourth-order valence-electron chi connectivity index (χ4n) is 2.24. The Morgan fingerprint density at radius 3 is 2.48 bits per heavy atom. The Morgan fingerprint density at radius 1 is 1.07 bits per heavy atom. The van der Waals surface area contributed by atoms with E-state index in [4.69, 9.17) is 18.9 Å². The third-order valence-electron chi connectivity index (χ3n) is 3.58. The van der Waals surface area contributed by atoms with E-state index in [9.17, 15) is 4.79 Å². The normalized spacial score (nSPS) is 10.5. The van der Waals surface area contributed by atoms with Crippen molar-refractivity contribution in [3.05, 3.63) is 53.6 Å². The van der Waals surface area contributed by atoms with Crippen molar-refractivity contribution in [3.8, 4) is 17.2 Å². The number of nitrogens with zero attached hydrogens (tertiary/aromatic N) is 1. The molecule has 0 spiro atoms. The number of methoxy groups -OCH3 is 2. The maximum atomic E-state index is 11.3. The first-order valence-electron chi connectivity index (χ1n) is 8.51. The number of carbonyl (C=O) groups is 1. The first-order valence-corrected chi connectivity index (χ1v) is 8.51. The number of hydrazone groups is 1. The van der Waals surface area contributed by atoms with Crippen LogP contribution in [0.3, 0.4) is 0 Å². The van der Waals surface area contributed by atoms with E-state index in [0.29, 0.717) is 30.4 Å². The van der Waals surface area contributed by atoms with Crippen LogP contribution in [-0.4, -0.2) is 39.6 Å². The molecule has 0 heterocycles. The van der Waals surface area contributed by atoms with Crippen molar-refractivity contribution >= 4 is 12.2 Å². The Bertz CT molecular complexity index is 759. The van der Waals surface area contributed by atoms with E-state index in [0.717, 1.165) is 11.1 Å². The zero-order chi connectivity index (χ0) is 19.5. The summed E-state index contributed by atoms with van der Waals surface area (Å²) in [4.78, 5) is 11.3. The van der Waals surface area contributed by atoms with Crippen LogP contribution in [0.15, 0.2) is 47.6 Å². The van der Waals surface area contributed by atoms with Crippen LogP contribution in [0.1, 0.15) is 18.1 Å². The van der Waals surface area contributed by atoms with Gasteiger partial charge in [-0.2, -0.15) is 5.10 Å². The summed E-state index contributed by atoms with van der Waals surface area (Å²) in [6.45, 7) is 2.55. The van der Waals surface area contributed by atoms with Gasteiger partial charge in [0.1, 0.15) is 5.75 Å². The third kappa shape index (κ3) is 6.54. The van der Waals surface area contributed by atoms with Crippen LogP contribution in [0.2, 0.25) is 0 Å². The molecule has 0 bridgehead atoms. The van der Waals surface area contributed by atoms with Crippen molar-refractivity contribution in [1.29, 1.82) is 0 Å². The smallest absolute Gasteiger partial charge is 0.344 e. The lowest BCUT2D eigenvalue weighted by atomic mass is 10.2. The molecule has 2 rings (SSSR count). The Labute approximate surface area is 158 Å². The predicted molar refractivity (Wildman–Crippen MR) is 103 cm³/mol. The van der Waals surface area contributed by atoms with Crippen molar-refractivity contribution in [1.82, 2.24) is 5.43 Å². The minimum atomic E-state index is -0.387. The lowest BCUT2D eigenvalue weighted by Crippen LogP contribution is -2.14. The van der Waals surface area contributed by atoms with Gasteiger partial charge in [-0.15, -0.1) is 0 Å². The SMILES string of the molecule is CCOC(=O)COc1ccc(/C=N/NCc2ccc(OC)c(OC)c2)cc1. The van der Waals surface area contributed by atoms with Crippen molar-refractivity contribution in [3.63, 3.8) is 0 Å². The highest BCUT2D eigenvalue weighted by molar-refractivity contribution is 5.79. The summed E-state index contributed by atoms with van der Waals surface area (Å²) in [7, 11) is 3.21. The zero-order valence-electron chi connectivity index (χ0n) is 15.7. The second-order valence-corrected chi connectivity index (χ2v) is 5.45. The summed E-state index contributed by atoms with van der Waals surface area (Å²) in [5.41, 5.74) is 4.91. The molecule has 0 atom stereocenters. The summed E-state index contributed by atoms with van der Waals surface area (Å²) in [5, 5.41) is 4.20. The van der Waals surface area contributed by atoms with E-state index in [1.807, 2.05) is 30.3 Å². The van der Waals surface area contributed by atoms with Crippen LogP contribution in [0, 0.1) is 0 Å². The lowest BCUT2D eigenvalue weighted by Gasteiger charge is -2.09. The van der Waals surface area contributed by atoms with Gasteiger partial charge in [-0.25, -0.2) is 4.79 Å². The van der Waals surface area contributed by atoms with Crippen LogP contribution < -0.4 is 19.6 Å². The Morgan fingerprint density at radius 2 is 1.81 bits per heavy atom. The molecule has 0 radical (unpaired) electrons. The number of benzene rings is 2. The highest BCUT2D eigenvalue weighted by Gasteiger charge is 2.04. The van der Waals surface area contributed by atoms with E-state index >= 15 is 0 Å². The monoisotopic (exact) mass is 372 g/mol. The number of ether oxygens (including phenoxy) is 4. The molecule has 0 saturated carbocycles. The molecule has 0 unspecified atom stereocenters. The van der Waals surface area contributed by atoms with E-state index < -0.39 is 0 Å². The van der Waals surface area contributed by atoms with E-state index in [2.05, 4.69) is 10.5 Å². The van der Waals surface area contributed by atoms with Crippen LogP contribution in [0.5, 0.6) is 17.2 Å². The standard InChI is InChI=1S/C20H24N2O5/c1-4-26-20(23)14-27-17-8-5-15(6-9-17)12-21-22-13-16-7-10-18(24-2)19(11-16)25-3/h5-12,22H,4,13-14H2,1-3H3/b21-12+. The topological polar surface area (TPSA) is 78.4 Å². The van der Waals surface area contributed by atoms with Gasteiger partial charge in [-0.05, 0) is 54.4 Å². The summed E-state index contributed by atoms with van der Waals surface area (Å²) < 4.78 is 20.6. The first kappa shape index (κ1) is 20.1. The van der Waals surface area contributed by atoms with E-state index in [-0.39, 0.29) is 12.6 Å². The minimum Gasteiger partial charge on any atom is -0.493 e. The fraction of sp³-hybridized carbons (Fsp3) is 0.300. The van der Waals surface area contributed by atoms with Gasteiger partial charge >= 0.3 is 5.97 Å². The predicted octanol–water partition coefficient (Wildman–Crippen LogP) is 2.77. The molecular weight excluding hydrogens is 348 g/mol. The average molecular weight is 372 g/mol. The van der Waals surface area contributed by atoms with Gasteiger partial charge in [0.2, 0.25) is 0 Å². The number of hydrogen-bond donors (Lipinski definition) is 1. The molecule has 0 aromatic heterocycles. The van der Waals surface area contributed by atoms with Gasteiger partial charge in [0.05, 0.1) is 33.6 Å². The highest BCUT2D eigenvalue weighted by Crippen LogP contribution is 2.27. The number of esters is 1. The van der Waals surface area contributed by atoms with Gasteiger partial charge in [-0.1, -0.05) is 6.07 Å². The minimum absolute atomic E-state index is 0.103. The number of hydrogen-bond acceptors (Lipinski definition) is 7. The van der Waals surface area contributed by atoms with Crippen LogP contribution in [0.25, 0.3) is 0 Å². The maximum absolute atomic E-state index is 11.3. The molecule has 7 nitrogen and oxygen atoms in total. The second kappa shape index (κ2) is 10.7. The van der Waals surface area contributed by atoms with Crippen LogP contribution >= 0.6 is 0 Å². The largest absolute Gasteiger partial charge is 0.493 e. The lowest BCUT2D eigenvalue weighted by molar-refractivity contribution is -0.145. The highest BCUT2D eigenvalue weighted by atomic mass is 16.6. The van der Waals surface area contributed by atoms with Gasteiger partial charge in [0.25, 0.3) is 0 Å². The molecule has 0 fully saturated rings. The van der Waals surface area contributed by atoms with Crippen molar-refractivity contribution in [2.45, 2.75) is 13.5 Å². The Hall–Kier alpha value is -3.22.